The van der Waals surface area contributed by atoms with E-state index in [1.807, 2.05) is 26.0 Å². The lowest BCUT2D eigenvalue weighted by molar-refractivity contribution is 0.0915. The highest BCUT2D eigenvalue weighted by atomic mass is 79.9. The molecule has 21 heavy (non-hydrogen) atoms. The summed E-state index contributed by atoms with van der Waals surface area (Å²) in [5.41, 5.74) is 1.55. The molecule has 1 aromatic carbocycles. The van der Waals surface area contributed by atoms with Gasteiger partial charge in [0.25, 0.3) is 5.91 Å². The van der Waals surface area contributed by atoms with Crippen molar-refractivity contribution in [3.05, 3.63) is 58.0 Å². The Morgan fingerprint density at radius 1 is 1.38 bits per heavy atom. The predicted molar refractivity (Wildman–Crippen MR) is 82.8 cm³/mol. The average Bonchev–Trinajstić information content (AvgIpc) is 2.94. The molecule has 0 fully saturated rings. The van der Waals surface area contributed by atoms with E-state index in [2.05, 4.69) is 27.3 Å². The summed E-state index contributed by atoms with van der Waals surface area (Å²) in [5.74, 6) is 0.0615. The van der Waals surface area contributed by atoms with Gasteiger partial charge in [0.2, 0.25) is 0 Å². The van der Waals surface area contributed by atoms with Gasteiger partial charge < -0.3 is 9.73 Å². The zero-order valence-corrected chi connectivity index (χ0v) is 13.3. The van der Waals surface area contributed by atoms with Crippen molar-refractivity contribution >= 4 is 21.8 Å². The maximum absolute atomic E-state index is 12.3. The maximum atomic E-state index is 12.3. The van der Waals surface area contributed by atoms with Gasteiger partial charge in [-0.05, 0) is 29.7 Å². The second-order valence-corrected chi connectivity index (χ2v) is 5.87. The number of carbonyl (C=O) groups is 1. The van der Waals surface area contributed by atoms with Crippen LogP contribution in [0.25, 0.3) is 0 Å². The molecule has 0 radical (unpaired) electrons. The van der Waals surface area contributed by atoms with Gasteiger partial charge in [0.15, 0.2) is 5.76 Å². The van der Waals surface area contributed by atoms with Crippen LogP contribution in [0.3, 0.4) is 0 Å². The summed E-state index contributed by atoms with van der Waals surface area (Å²) < 4.78 is 6.12. The normalized spacial score (nSPS) is 12.0. The molecule has 1 heterocycles. The zero-order chi connectivity index (χ0) is 15.4. The quantitative estimate of drug-likeness (QED) is 0.903. The Morgan fingerprint density at radius 3 is 2.76 bits per heavy atom. The molecule has 2 aromatic rings. The molecule has 0 aliphatic rings. The molecule has 108 valence electrons. The third kappa shape index (κ3) is 3.53. The van der Waals surface area contributed by atoms with Gasteiger partial charge in [0, 0.05) is 10.0 Å². The number of hydrogen-bond donors (Lipinski definition) is 1. The minimum atomic E-state index is -0.722. The first-order valence-corrected chi connectivity index (χ1v) is 7.35. The van der Waals surface area contributed by atoms with Crippen LogP contribution in [-0.4, -0.2) is 5.91 Å². The third-order valence-electron chi connectivity index (χ3n) is 3.11. The average molecular weight is 347 g/mol. The molecule has 0 aliphatic heterocycles. The smallest absolute Gasteiger partial charge is 0.288 e. The van der Waals surface area contributed by atoms with Crippen LogP contribution in [0, 0.1) is 11.3 Å². The Balaban J connectivity index is 2.21. The van der Waals surface area contributed by atoms with Crippen molar-refractivity contribution in [3.63, 3.8) is 0 Å². The number of amides is 1. The number of halogens is 1. The van der Waals surface area contributed by atoms with E-state index in [-0.39, 0.29) is 17.6 Å². The second kappa shape index (κ2) is 6.59. The van der Waals surface area contributed by atoms with E-state index >= 15 is 0 Å². The predicted octanol–water partition coefficient (Wildman–Crippen LogP) is 4.16. The molecule has 0 saturated heterocycles. The number of benzene rings is 1. The first-order valence-electron chi connectivity index (χ1n) is 6.56. The highest BCUT2D eigenvalue weighted by molar-refractivity contribution is 9.10. The second-order valence-electron chi connectivity index (χ2n) is 4.95. The van der Waals surface area contributed by atoms with E-state index in [1.54, 1.807) is 18.2 Å². The molecule has 1 atom stereocenters. The van der Waals surface area contributed by atoms with Crippen molar-refractivity contribution in [2.75, 3.05) is 0 Å². The molecule has 0 unspecified atom stereocenters. The first kappa shape index (κ1) is 15.3. The van der Waals surface area contributed by atoms with Gasteiger partial charge in [-0.3, -0.25) is 4.79 Å². The van der Waals surface area contributed by atoms with E-state index < -0.39 is 6.04 Å². The topological polar surface area (TPSA) is 66.0 Å². The molecule has 2 rings (SSSR count). The fraction of sp³-hybridized carbons (Fsp3) is 0.250. The standard InChI is InChI=1S/C16H15BrN2O2/c1-10(2)13-6-7-21-15(13)16(20)19-14(9-18)11-4-3-5-12(17)8-11/h3-8,10,14H,1-2H3,(H,19,20)/t14-/m0/s1. The molecule has 1 aromatic heterocycles. The molecule has 1 amide bonds. The first-order chi connectivity index (χ1) is 10.0. The fourth-order valence-corrected chi connectivity index (χ4v) is 2.45. The number of nitrogens with zero attached hydrogens (tertiary/aromatic N) is 1. The highest BCUT2D eigenvalue weighted by Gasteiger charge is 2.21. The number of nitrogens with one attached hydrogen (secondary N) is 1. The lowest BCUT2D eigenvalue weighted by Gasteiger charge is -2.12. The van der Waals surface area contributed by atoms with E-state index in [4.69, 9.17) is 4.42 Å². The van der Waals surface area contributed by atoms with Crippen molar-refractivity contribution in [2.24, 2.45) is 0 Å². The zero-order valence-electron chi connectivity index (χ0n) is 11.8. The monoisotopic (exact) mass is 346 g/mol. The van der Waals surface area contributed by atoms with E-state index in [9.17, 15) is 10.1 Å². The van der Waals surface area contributed by atoms with E-state index in [0.29, 0.717) is 0 Å². The largest absolute Gasteiger partial charge is 0.459 e. The van der Waals surface area contributed by atoms with Crippen molar-refractivity contribution in [3.8, 4) is 6.07 Å². The number of carbonyl (C=O) groups excluding carboxylic acids is 1. The Labute approximate surface area is 131 Å². The van der Waals surface area contributed by atoms with Crippen LogP contribution in [0.2, 0.25) is 0 Å². The van der Waals surface area contributed by atoms with Crippen molar-refractivity contribution < 1.29 is 9.21 Å². The molecule has 0 bridgehead atoms. The molecule has 0 spiro atoms. The van der Waals surface area contributed by atoms with Crippen LogP contribution in [-0.2, 0) is 0 Å². The molecule has 5 heteroatoms. The summed E-state index contributed by atoms with van der Waals surface area (Å²) in [5, 5.41) is 12.0. The lowest BCUT2D eigenvalue weighted by Crippen LogP contribution is -2.28. The van der Waals surface area contributed by atoms with Crippen molar-refractivity contribution in [1.29, 1.82) is 5.26 Å². The van der Waals surface area contributed by atoms with Gasteiger partial charge in [-0.15, -0.1) is 0 Å². The summed E-state index contributed by atoms with van der Waals surface area (Å²) in [7, 11) is 0. The summed E-state index contributed by atoms with van der Waals surface area (Å²) in [6.45, 7) is 3.97. The molecule has 1 N–H and O–H groups in total. The van der Waals surface area contributed by atoms with Crippen LogP contribution >= 0.6 is 15.9 Å². The van der Waals surface area contributed by atoms with Crippen LogP contribution in [0.15, 0.2) is 45.5 Å². The van der Waals surface area contributed by atoms with Gasteiger partial charge in [-0.25, -0.2) is 0 Å². The summed E-state index contributed by atoms with van der Waals surface area (Å²) >= 11 is 3.35. The third-order valence-corrected chi connectivity index (χ3v) is 3.60. The number of furan rings is 1. The van der Waals surface area contributed by atoms with Crippen LogP contribution < -0.4 is 5.32 Å². The number of rotatable bonds is 4. The molecule has 4 nitrogen and oxygen atoms in total. The van der Waals surface area contributed by atoms with Crippen LogP contribution in [0.4, 0.5) is 0 Å². The van der Waals surface area contributed by atoms with Gasteiger partial charge in [-0.2, -0.15) is 5.26 Å². The minimum Gasteiger partial charge on any atom is -0.459 e. The van der Waals surface area contributed by atoms with E-state index in [0.717, 1.165) is 15.6 Å². The summed E-state index contributed by atoms with van der Waals surface area (Å²) in [4.78, 5) is 12.3. The van der Waals surface area contributed by atoms with Gasteiger partial charge >= 0.3 is 0 Å². The Bertz CT molecular complexity index is 686. The van der Waals surface area contributed by atoms with Crippen molar-refractivity contribution in [2.45, 2.75) is 25.8 Å². The van der Waals surface area contributed by atoms with Gasteiger partial charge in [0.1, 0.15) is 6.04 Å². The fourth-order valence-electron chi connectivity index (χ4n) is 2.03. The number of nitriles is 1. The molecule has 0 aliphatic carbocycles. The SMILES string of the molecule is CC(C)c1ccoc1C(=O)N[C@@H](C#N)c1cccc(Br)c1. The Hall–Kier alpha value is -2.06. The van der Waals surface area contributed by atoms with E-state index in [1.165, 1.54) is 6.26 Å². The van der Waals surface area contributed by atoms with Crippen molar-refractivity contribution in [1.82, 2.24) is 5.32 Å². The molecular formula is C16H15BrN2O2. The summed E-state index contributed by atoms with van der Waals surface area (Å²) in [6, 6.07) is 10.4. The maximum Gasteiger partial charge on any atom is 0.288 e. The number of hydrogen-bond acceptors (Lipinski definition) is 3. The summed E-state index contributed by atoms with van der Waals surface area (Å²) in [6.07, 6.45) is 1.49. The Morgan fingerprint density at radius 2 is 2.14 bits per heavy atom. The van der Waals surface area contributed by atoms with Gasteiger partial charge in [-0.1, -0.05) is 41.9 Å². The molecular weight excluding hydrogens is 332 g/mol. The highest BCUT2D eigenvalue weighted by Crippen LogP contribution is 2.22. The minimum absolute atomic E-state index is 0.177. The van der Waals surface area contributed by atoms with Gasteiger partial charge in [0.05, 0.1) is 12.3 Å². The van der Waals surface area contributed by atoms with Crippen LogP contribution in [0.1, 0.15) is 47.5 Å². The lowest BCUT2D eigenvalue weighted by atomic mass is 10.0. The van der Waals surface area contributed by atoms with Crippen LogP contribution in [0.5, 0.6) is 0 Å². The molecule has 0 saturated carbocycles. The Kier molecular flexibility index (Phi) is 4.81.